The van der Waals surface area contributed by atoms with Gasteiger partial charge in [-0.2, -0.15) is 4.98 Å². The molecular weight excluding hydrogens is 514 g/mol. The van der Waals surface area contributed by atoms with Crippen molar-refractivity contribution in [1.29, 1.82) is 0 Å². The van der Waals surface area contributed by atoms with Gasteiger partial charge in [-0.25, -0.2) is 4.79 Å². The van der Waals surface area contributed by atoms with Crippen LogP contribution in [-0.2, 0) is 27.3 Å². The molecule has 3 rings (SSSR count). The van der Waals surface area contributed by atoms with Crippen LogP contribution in [0, 0.1) is 0 Å². The lowest BCUT2D eigenvalue weighted by atomic mass is 10.2. The maximum absolute atomic E-state index is 12.6. The van der Waals surface area contributed by atoms with Crippen LogP contribution in [0.3, 0.4) is 0 Å². The maximum atomic E-state index is 12.6. The van der Waals surface area contributed by atoms with Gasteiger partial charge in [0.1, 0.15) is 18.2 Å². The van der Waals surface area contributed by atoms with Gasteiger partial charge in [-0.3, -0.25) is 38.5 Å². The zero-order valence-corrected chi connectivity index (χ0v) is 20.9. The van der Waals surface area contributed by atoms with E-state index < -0.39 is 53.0 Å². The van der Waals surface area contributed by atoms with Crippen molar-refractivity contribution in [2.45, 2.75) is 38.8 Å². The van der Waals surface area contributed by atoms with Gasteiger partial charge in [-0.1, -0.05) is 12.1 Å². The average Bonchev–Trinajstić information content (AvgIpc) is 3.39. The Morgan fingerprint density at radius 1 is 1.18 bits per heavy atom. The molecule has 0 aromatic carbocycles. The maximum Gasteiger partial charge on any atom is 0.328 e. The summed E-state index contributed by atoms with van der Waals surface area (Å²) in [7, 11) is 0. The lowest BCUT2D eigenvalue weighted by Gasteiger charge is -2.19. The van der Waals surface area contributed by atoms with Crippen LogP contribution in [-0.4, -0.2) is 67.4 Å². The molecule has 6 N–H and O–H groups in total. The fourth-order valence-corrected chi connectivity index (χ4v) is 3.27. The van der Waals surface area contributed by atoms with Crippen LogP contribution >= 0.6 is 0 Å². The second-order valence-corrected chi connectivity index (χ2v) is 8.26. The number of H-pyrrole nitrogens is 1. The lowest BCUT2D eigenvalue weighted by Crippen LogP contribution is -2.53. The molecule has 3 heterocycles. The second-order valence-electron chi connectivity index (χ2n) is 8.26. The molecule has 3 aromatic rings. The van der Waals surface area contributed by atoms with Crippen LogP contribution in [0.1, 0.15) is 36.0 Å². The summed E-state index contributed by atoms with van der Waals surface area (Å²) in [5, 5.41) is 11.5. The van der Waals surface area contributed by atoms with Crippen molar-refractivity contribution in [2.75, 3.05) is 13.1 Å². The van der Waals surface area contributed by atoms with Crippen molar-refractivity contribution in [1.82, 2.24) is 40.6 Å². The molecule has 0 aliphatic carbocycles. The van der Waals surface area contributed by atoms with Crippen LogP contribution in [0.2, 0.25) is 0 Å². The highest BCUT2D eigenvalue weighted by molar-refractivity contribution is 5.92. The number of aromatic nitrogens is 5. The summed E-state index contributed by atoms with van der Waals surface area (Å²) in [5.74, 6) is -2.30. The van der Waals surface area contributed by atoms with Gasteiger partial charge in [0.25, 0.3) is 11.5 Å². The van der Waals surface area contributed by atoms with E-state index in [9.17, 15) is 28.8 Å². The third-order valence-electron chi connectivity index (χ3n) is 5.25. The number of carbonyl (C=O) groups is 4. The topological polar surface area (TPSA) is 237 Å². The minimum Gasteiger partial charge on any atom is -0.365 e. The second kappa shape index (κ2) is 13.4. The number of nitrogens with two attached hydrogens (primary N) is 1. The third-order valence-corrected chi connectivity index (χ3v) is 5.25. The molecule has 16 heteroatoms. The molecule has 0 saturated carbocycles. The van der Waals surface area contributed by atoms with Crippen molar-refractivity contribution in [3.8, 4) is 11.4 Å². The van der Waals surface area contributed by atoms with Crippen LogP contribution < -0.4 is 32.9 Å². The smallest absolute Gasteiger partial charge is 0.328 e. The van der Waals surface area contributed by atoms with Crippen LogP contribution in [0.15, 0.2) is 44.8 Å². The van der Waals surface area contributed by atoms with Crippen LogP contribution in [0.4, 0.5) is 0 Å². The van der Waals surface area contributed by atoms with Crippen molar-refractivity contribution in [2.24, 2.45) is 5.73 Å². The highest BCUT2D eigenvalue weighted by atomic mass is 16.5. The molecule has 0 aliphatic rings. The van der Waals surface area contributed by atoms with E-state index in [-0.39, 0.29) is 25.3 Å². The quantitative estimate of drug-likeness (QED) is 0.157. The molecular formula is C23H27N9O7. The van der Waals surface area contributed by atoms with Crippen LogP contribution in [0.5, 0.6) is 0 Å². The summed E-state index contributed by atoms with van der Waals surface area (Å²) < 4.78 is 5.95. The molecule has 0 spiro atoms. The molecule has 0 bridgehead atoms. The van der Waals surface area contributed by atoms with E-state index in [1.165, 1.54) is 0 Å². The molecule has 0 unspecified atom stereocenters. The predicted octanol–water partition coefficient (Wildman–Crippen LogP) is -2.16. The highest BCUT2D eigenvalue weighted by Crippen LogP contribution is 2.14. The number of aryl methyl sites for hydroxylation is 1. The SMILES string of the molecule is CCCNC(=O)[C@H](CNC(=O)Cn1cc(C(N)=O)c(=O)[nH]c1=O)NC(=O)CCc1nc(-c2cccnc2)no1. The van der Waals surface area contributed by atoms with Gasteiger partial charge in [0.2, 0.25) is 29.4 Å². The van der Waals surface area contributed by atoms with Crippen LogP contribution in [0.25, 0.3) is 11.4 Å². The summed E-state index contributed by atoms with van der Waals surface area (Å²) in [5.41, 5.74) is 3.33. The number of carbonyl (C=O) groups excluding carboxylic acids is 4. The van der Waals surface area contributed by atoms with Gasteiger partial charge >= 0.3 is 5.69 Å². The minimum atomic E-state index is -1.13. The first-order valence-electron chi connectivity index (χ1n) is 11.9. The normalized spacial score (nSPS) is 11.4. The number of primary amides is 1. The molecule has 0 radical (unpaired) electrons. The van der Waals surface area contributed by atoms with Gasteiger partial charge < -0.3 is 26.2 Å². The number of nitrogens with zero attached hydrogens (tertiary/aromatic N) is 4. The highest BCUT2D eigenvalue weighted by Gasteiger charge is 2.22. The number of aromatic amines is 1. The monoisotopic (exact) mass is 541 g/mol. The number of hydrogen-bond acceptors (Lipinski definition) is 10. The fourth-order valence-electron chi connectivity index (χ4n) is 3.27. The van der Waals surface area contributed by atoms with Crippen molar-refractivity contribution >= 4 is 23.6 Å². The van der Waals surface area contributed by atoms with Gasteiger partial charge in [0, 0.05) is 50.1 Å². The average molecular weight is 542 g/mol. The zero-order chi connectivity index (χ0) is 28.4. The molecule has 0 fully saturated rings. The number of hydrogen-bond donors (Lipinski definition) is 5. The van der Waals surface area contributed by atoms with Gasteiger partial charge in [-0.15, -0.1) is 0 Å². The van der Waals surface area contributed by atoms with E-state index in [4.69, 9.17) is 10.3 Å². The summed E-state index contributed by atoms with van der Waals surface area (Å²) in [6.07, 6.45) is 4.71. The zero-order valence-electron chi connectivity index (χ0n) is 20.9. The Bertz CT molecular complexity index is 1450. The fraction of sp³-hybridized carbons (Fsp3) is 0.348. The summed E-state index contributed by atoms with van der Waals surface area (Å²) in [4.78, 5) is 82.6. The lowest BCUT2D eigenvalue weighted by molar-refractivity contribution is -0.129. The first-order chi connectivity index (χ1) is 18.7. The Kier molecular flexibility index (Phi) is 9.77. The number of rotatable bonds is 13. The first kappa shape index (κ1) is 28.4. The molecule has 3 aromatic heterocycles. The Balaban J connectivity index is 1.58. The Hall–Kier alpha value is -5.15. The molecule has 206 valence electrons. The van der Waals surface area contributed by atoms with Crippen molar-refractivity contribution in [3.05, 3.63) is 63.0 Å². The van der Waals surface area contributed by atoms with E-state index in [1.807, 2.05) is 11.9 Å². The predicted molar refractivity (Wildman–Crippen MR) is 134 cm³/mol. The Morgan fingerprint density at radius 3 is 2.67 bits per heavy atom. The minimum absolute atomic E-state index is 0.0805. The van der Waals surface area contributed by atoms with Gasteiger partial charge in [0.05, 0.1) is 0 Å². The van der Waals surface area contributed by atoms with Gasteiger partial charge in [-0.05, 0) is 18.6 Å². The standard InChI is InChI=1S/C23H27N9O7/c1-2-7-26-22(37)15(10-27-17(34)12-32-11-14(19(24)35)21(36)30-23(32)38)28-16(33)5-6-18-29-20(31-39-18)13-4-3-8-25-9-13/h3-4,8-9,11,15H,2,5-7,10,12H2,1H3,(H2,24,35)(H,26,37)(H,27,34)(H,28,33)(H,30,36,38)/t15-/m0/s1. The summed E-state index contributed by atoms with van der Waals surface area (Å²) in [6.45, 7) is 1.32. The van der Waals surface area contributed by atoms with Crippen molar-refractivity contribution in [3.63, 3.8) is 0 Å². The van der Waals surface area contributed by atoms with E-state index in [0.29, 0.717) is 24.4 Å². The first-order valence-corrected chi connectivity index (χ1v) is 11.9. The molecule has 4 amide bonds. The Morgan fingerprint density at radius 2 is 1.97 bits per heavy atom. The van der Waals surface area contributed by atoms with E-state index in [1.54, 1.807) is 24.5 Å². The molecule has 1 atom stereocenters. The molecule has 39 heavy (non-hydrogen) atoms. The Labute approximate surface area is 220 Å². The summed E-state index contributed by atoms with van der Waals surface area (Å²) >= 11 is 0. The number of nitrogens with one attached hydrogen (secondary N) is 4. The van der Waals surface area contributed by atoms with Gasteiger partial charge in [0.15, 0.2) is 0 Å². The largest absolute Gasteiger partial charge is 0.365 e. The number of amides is 4. The number of pyridine rings is 1. The van der Waals surface area contributed by atoms with E-state index >= 15 is 0 Å². The van der Waals surface area contributed by atoms with E-state index in [0.717, 1.165) is 10.8 Å². The summed E-state index contributed by atoms with van der Waals surface area (Å²) in [6, 6.07) is 2.35. The van der Waals surface area contributed by atoms with Crippen molar-refractivity contribution < 1.29 is 23.7 Å². The molecule has 0 saturated heterocycles. The van der Waals surface area contributed by atoms with E-state index in [2.05, 4.69) is 31.1 Å². The third kappa shape index (κ3) is 8.17. The molecule has 16 nitrogen and oxygen atoms in total. The molecule has 0 aliphatic heterocycles.